The molecule has 3 rings (SSSR count). The number of rotatable bonds is 5. The Bertz CT molecular complexity index is 804. The van der Waals surface area contributed by atoms with Crippen molar-refractivity contribution >= 4 is 5.91 Å². The maximum Gasteiger partial charge on any atom is 0.255 e. The molecule has 1 aromatic carbocycles. The molecule has 0 spiro atoms. The third-order valence-corrected chi connectivity index (χ3v) is 3.85. The maximum absolute atomic E-state index is 12.3. The van der Waals surface area contributed by atoms with Gasteiger partial charge in [-0.1, -0.05) is 30.3 Å². The number of nitrogens with one attached hydrogen (secondary N) is 1. The van der Waals surface area contributed by atoms with Gasteiger partial charge in [0.1, 0.15) is 5.82 Å². The second-order valence-electron chi connectivity index (χ2n) is 5.42. The Morgan fingerprint density at radius 2 is 2.04 bits per heavy atom. The average molecular weight is 309 g/mol. The van der Waals surface area contributed by atoms with Gasteiger partial charge in [-0.15, -0.1) is 0 Å². The zero-order chi connectivity index (χ0) is 16.2. The molecule has 0 saturated heterocycles. The fourth-order valence-electron chi connectivity index (χ4n) is 2.41. The number of carbonyl (C=O) groups excluding carboxylic acids is 1. The third kappa shape index (κ3) is 3.31. The first-order valence-electron chi connectivity index (χ1n) is 7.46. The highest BCUT2D eigenvalue weighted by Crippen LogP contribution is 2.10. The molecule has 0 aliphatic heterocycles. The fraction of sp³-hybridized carbons (Fsp3) is 0.235. The van der Waals surface area contributed by atoms with Crippen LogP contribution >= 0.6 is 0 Å². The van der Waals surface area contributed by atoms with Crippen molar-refractivity contribution in [3.63, 3.8) is 0 Å². The van der Waals surface area contributed by atoms with E-state index in [4.69, 9.17) is 0 Å². The molecule has 1 amide bonds. The number of carbonyl (C=O) groups is 1. The van der Waals surface area contributed by atoms with Crippen LogP contribution in [0, 0.1) is 6.92 Å². The Kier molecular flexibility index (Phi) is 4.23. The van der Waals surface area contributed by atoms with Gasteiger partial charge in [-0.2, -0.15) is 5.10 Å². The Hall–Kier alpha value is -2.89. The van der Waals surface area contributed by atoms with Gasteiger partial charge in [-0.05, 0) is 12.5 Å². The second kappa shape index (κ2) is 6.48. The van der Waals surface area contributed by atoms with E-state index in [0.29, 0.717) is 18.7 Å². The van der Waals surface area contributed by atoms with Crippen molar-refractivity contribution in [2.45, 2.75) is 20.0 Å². The maximum atomic E-state index is 12.3. The van der Waals surface area contributed by atoms with Gasteiger partial charge in [0.15, 0.2) is 0 Å². The molecule has 0 saturated carbocycles. The van der Waals surface area contributed by atoms with Crippen LogP contribution in [0.1, 0.15) is 27.4 Å². The summed E-state index contributed by atoms with van der Waals surface area (Å²) in [5.74, 6) is 0.678. The van der Waals surface area contributed by atoms with E-state index in [9.17, 15) is 4.79 Å². The molecule has 0 unspecified atom stereocenters. The molecule has 0 aliphatic rings. The van der Waals surface area contributed by atoms with Crippen molar-refractivity contribution in [2.24, 2.45) is 7.05 Å². The van der Waals surface area contributed by atoms with E-state index in [1.165, 1.54) is 0 Å². The standard InChI is InChI=1S/C17H19N5O/c1-13-15(17(23)19-11-16-18-8-9-21(16)2)10-20-22(13)12-14-6-4-3-5-7-14/h3-10H,11-12H2,1-2H3,(H,19,23). The van der Waals surface area contributed by atoms with Crippen LogP contribution in [0.4, 0.5) is 0 Å². The predicted octanol–water partition coefficient (Wildman–Crippen LogP) is 1.90. The van der Waals surface area contributed by atoms with Gasteiger partial charge in [-0.3, -0.25) is 9.48 Å². The number of nitrogens with zero attached hydrogens (tertiary/aromatic N) is 4. The molecule has 23 heavy (non-hydrogen) atoms. The van der Waals surface area contributed by atoms with E-state index < -0.39 is 0 Å². The van der Waals surface area contributed by atoms with Crippen LogP contribution in [0.5, 0.6) is 0 Å². The Labute approximate surface area is 134 Å². The van der Waals surface area contributed by atoms with Crippen molar-refractivity contribution in [1.82, 2.24) is 24.6 Å². The van der Waals surface area contributed by atoms with Crippen LogP contribution in [0.25, 0.3) is 0 Å². The lowest BCUT2D eigenvalue weighted by Gasteiger charge is -2.07. The summed E-state index contributed by atoms with van der Waals surface area (Å²) >= 11 is 0. The quantitative estimate of drug-likeness (QED) is 0.783. The minimum absolute atomic E-state index is 0.134. The number of aryl methyl sites for hydroxylation is 1. The first-order valence-corrected chi connectivity index (χ1v) is 7.46. The lowest BCUT2D eigenvalue weighted by Crippen LogP contribution is -2.24. The zero-order valence-electron chi connectivity index (χ0n) is 13.2. The molecular formula is C17H19N5O. The van der Waals surface area contributed by atoms with E-state index in [2.05, 4.69) is 15.4 Å². The first-order chi connectivity index (χ1) is 11.1. The molecule has 0 aliphatic carbocycles. The van der Waals surface area contributed by atoms with Crippen molar-refractivity contribution in [3.8, 4) is 0 Å². The highest BCUT2D eigenvalue weighted by Gasteiger charge is 2.14. The normalized spacial score (nSPS) is 10.7. The Morgan fingerprint density at radius 1 is 1.26 bits per heavy atom. The van der Waals surface area contributed by atoms with Crippen molar-refractivity contribution in [2.75, 3.05) is 0 Å². The molecule has 118 valence electrons. The van der Waals surface area contributed by atoms with Crippen LogP contribution < -0.4 is 5.32 Å². The molecule has 0 atom stereocenters. The van der Waals surface area contributed by atoms with E-state index in [1.807, 2.05) is 59.7 Å². The lowest BCUT2D eigenvalue weighted by molar-refractivity contribution is 0.0949. The van der Waals surface area contributed by atoms with Crippen LogP contribution in [0.15, 0.2) is 48.9 Å². The van der Waals surface area contributed by atoms with E-state index in [1.54, 1.807) is 12.4 Å². The number of aromatic nitrogens is 4. The van der Waals surface area contributed by atoms with Crippen LogP contribution in [0.3, 0.4) is 0 Å². The van der Waals surface area contributed by atoms with Gasteiger partial charge >= 0.3 is 0 Å². The predicted molar refractivity (Wildman–Crippen MR) is 86.9 cm³/mol. The van der Waals surface area contributed by atoms with Crippen molar-refractivity contribution < 1.29 is 4.79 Å². The topological polar surface area (TPSA) is 64.7 Å². The van der Waals surface area contributed by atoms with Crippen LogP contribution in [-0.2, 0) is 20.1 Å². The molecule has 6 heteroatoms. The number of imidazole rings is 1. The van der Waals surface area contributed by atoms with Gasteiger partial charge < -0.3 is 9.88 Å². The summed E-state index contributed by atoms with van der Waals surface area (Å²) in [6.45, 7) is 2.95. The van der Waals surface area contributed by atoms with Gasteiger partial charge in [-0.25, -0.2) is 4.98 Å². The molecular weight excluding hydrogens is 290 g/mol. The number of benzene rings is 1. The van der Waals surface area contributed by atoms with E-state index in [0.717, 1.165) is 17.1 Å². The monoisotopic (exact) mass is 309 g/mol. The summed E-state index contributed by atoms with van der Waals surface area (Å²) in [6.07, 6.45) is 5.18. The highest BCUT2D eigenvalue weighted by molar-refractivity contribution is 5.94. The molecule has 6 nitrogen and oxygen atoms in total. The van der Waals surface area contributed by atoms with E-state index in [-0.39, 0.29) is 5.91 Å². The minimum atomic E-state index is -0.134. The smallest absolute Gasteiger partial charge is 0.255 e. The Balaban J connectivity index is 1.68. The van der Waals surface area contributed by atoms with Gasteiger partial charge in [0, 0.05) is 25.1 Å². The minimum Gasteiger partial charge on any atom is -0.345 e. The molecule has 0 fully saturated rings. The number of hydrogen-bond donors (Lipinski definition) is 1. The lowest BCUT2D eigenvalue weighted by atomic mass is 10.2. The summed E-state index contributed by atoms with van der Waals surface area (Å²) in [5.41, 5.74) is 2.60. The highest BCUT2D eigenvalue weighted by atomic mass is 16.1. The number of amides is 1. The van der Waals surface area contributed by atoms with Gasteiger partial charge in [0.2, 0.25) is 0 Å². The summed E-state index contributed by atoms with van der Waals surface area (Å²) < 4.78 is 3.72. The fourth-order valence-corrected chi connectivity index (χ4v) is 2.41. The van der Waals surface area contributed by atoms with Gasteiger partial charge in [0.05, 0.1) is 24.8 Å². The largest absolute Gasteiger partial charge is 0.345 e. The second-order valence-corrected chi connectivity index (χ2v) is 5.42. The summed E-state index contributed by atoms with van der Waals surface area (Å²) in [5, 5.41) is 7.21. The molecule has 3 aromatic rings. The Morgan fingerprint density at radius 3 is 2.74 bits per heavy atom. The third-order valence-electron chi connectivity index (χ3n) is 3.85. The average Bonchev–Trinajstić information content (AvgIpc) is 3.13. The molecule has 2 heterocycles. The van der Waals surface area contributed by atoms with E-state index >= 15 is 0 Å². The zero-order valence-corrected chi connectivity index (χ0v) is 13.2. The first kappa shape index (κ1) is 15.0. The van der Waals surface area contributed by atoms with Crippen molar-refractivity contribution in [3.05, 3.63) is 71.6 Å². The molecule has 2 aromatic heterocycles. The number of hydrogen-bond acceptors (Lipinski definition) is 3. The molecule has 0 bridgehead atoms. The molecule has 0 radical (unpaired) electrons. The summed E-state index contributed by atoms with van der Waals surface area (Å²) in [4.78, 5) is 16.5. The van der Waals surface area contributed by atoms with Crippen molar-refractivity contribution in [1.29, 1.82) is 0 Å². The van der Waals surface area contributed by atoms with Crippen LogP contribution in [0.2, 0.25) is 0 Å². The van der Waals surface area contributed by atoms with Gasteiger partial charge in [0.25, 0.3) is 5.91 Å². The SMILES string of the molecule is Cc1c(C(=O)NCc2nccn2C)cnn1Cc1ccccc1. The summed E-state index contributed by atoms with van der Waals surface area (Å²) in [7, 11) is 1.90. The summed E-state index contributed by atoms with van der Waals surface area (Å²) in [6, 6.07) is 10.1. The molecule has 1 N–H and O–H groups in total. The van der Waals surface area contributed by atoms with Crippen LogP contribution in [-0.4, -0.2) is 25.2 Å².